The van der Waals surface area contributed by atoms with Crippen LogP contribution in [0.2, 0.25) is 0 Å². The molecule has 0 amide bonds. The fourth-order valence-electron chi connectivity index (χ4n) is 2.98. The third kappa shape index (κ3) is 4.80. The summed E-state index contributed by atoms with van der Waals surface area (Å²) in [7, 11) is -0.166. The highest BCUT2D eigenvalue weighted by atomic mass is 35.5. The van der Waals surface area contributed by atoms with Gasteiger partial charge in [-0.25, -0.2) is 13.4 Å². The van der Waals surface area contributed by atoms with Crippen LogP contribution in [-0.4, -0.2) is 62.2 Å². The van der Waals surface area contributed by atoms with Crippen molar-refractivity contribution in [1.82, 2.24) is 19.2 Å². The second-order valence-corrected chi connectivity index (χ2v) is 7.94. The Morgan fingerprint density at radius 2 is 2.00 bits per heavy atom. The zero-order valence-corrected chi connectivity index (χ0v) is 17.0. The number of methoxy groups -OCH3 is 1. The Morgan fingerprint density at radius 1 is 1.26 bits per heavy atom. The molecule has 1 fully saturated rings. The van der Waals surface area contributed by atoms with E-state index in [1.54, 1.807) is 37.6 Å². The molecule has 10 heteroatoms. The number of hydrogen-bond acceptors (Lipinski definition) is 6. The van der Waals surface area contributed by atoms with Crippen molar-refractivity contribution < 1.29 is 17.9 Å². The van der Waals surface area contributed by atoms with Crippen LogP contribution in [-0.2, 0) is 21.8 Å². The van der Waals surface area contributed by atoms with Gasteiger partial charge in [-0.2, -0.15) is 4.31 Å². The Balaban J connectivity index is 0.00000261. The van der Waals surface area contributed by atoms with Crippen molar-refractivity contribution in [2.24, 2.45) is 7.05 Å². The van der Waals surface area contributed by atoms with Gasteiger partial charge in [0.05, 0.1) is 17.5 Å². The molecule has 0 radical (unpaired) electrons. The summed E-state index contributed by atoms with van der Waals surface area (Å²) in [6.07, 6.45) is 3.50. The quantitative estimate of drug-likeness (QED) is 0.683. The van der Waals surface area contributed by atoms with Crippen LogP contribution in [0.4, 0.5) is 0 Å². The topological polar surface area (TPSA) is 85.7 Å². The van der Waals surface area contributed by atoms with Gasteiger partial charge in [-0.3, -0.25) is 0 Å². The molecule has 1 N–H and O–H groups in total. The summed E-state index contributed by atoms with van der Waals surface area (Å²) >= 11 is 0. The van der Waals surface area contributed by atoms with Gasteiger partial charge in [0.25, 0.3) is 0 Å². The number of imidazole rings is 1. The largest absolute Gasteiger partial charge is 0.491 e. The third-order valence-electron chi connectivity index (χ3n) is 4.34. The monoisotopic (exact) mass is 416 g/mol. The van der Waals surface area contributed by atoms with Crippen molar-refractivity contribution in [3.8, 4) is 5.75 Å². The molecule has 2 heterocycles. The van der Waals surface area contributed by atoms with E-state index in [0.717, 1.165) is 5.82 Å². The zero-order valence-electron chi connectivity index (χ0n) is 15.4. The number of halogens is 1. The van der Waals surface area contributed by atoms with E-state index in [9.17, 15) is 8.42 Å². The van der Waals surface area contributed by atoms with Crippen molar-refractivity contribution in [3.63, 3.8) is 0 Å². The minimum Gasteiger partial charge on any atom is -0.491 e. The molecule has 150 valence electrons. The van der Waals surface area contributed by atoms with Gasteiger partial charge in [-0.15, -0.1) is 12.4 Å². The average molecular weight is 417 g/mol. The van der Waals surface area contributed by atoms with E-state index in [2.05, 4.69) is 10.3 Å². The number of piperazine rings is 1. The van der Waals surface area contributed by atoms with Crippen molar-refractivity contribution in [2.75, 3.05) is 40.0 Å². The number of aryl methyl sites for hydroxylation is 1. The fraction of sp³-hybridized carbons (Fsp3) is 0.471. The van der Waals surface area contributed by atoms with Crippen molar-refractivity contribution in [3.05, 3.63) is 42.5 Å². The van der Waals surface area contributed by atoms with Crippen molar-refractivity contribution in [2.45, 2.75) is 10.9 Å². The smallest absolute Gasteiger partial charge is 0.243 e. The first-order chi connectivity index (χ1) is 12.5. The Bertz CT molecular complexity index is 826. The van der Waals surface area contributed by atoms with Crippen LogP contribution < -0.4 is 10.1 Å². The number of sulfonamides is 1. The normalized spacial score (nSPS) is 18.1. The lowest BCUT2D eigenvalue weighted by Gasteiger charge is -2.34. The van der Waals surface area contributed by atoms with Crippen LogP contribution in [0.25, 0.3) is 0 Å². The van der Waals surface area contributed by atoms with E-state index in [0.29, 0.717) is 38.6 Å². The van der Waals surface area contributed by atoms with Gasteiger partial charge in [0.1, 0.15) is 18.2 Å². The SMILES string of the molecule is COCCOc1ccc(S(=O)(=O)N2CCNCC2c2nccn2C)cc1.Cl. The molecule has 1 saturated heterocycles. The standard InChI is InChI=1S/C17H24N4O4S.ClH/c1-20-9-8-19-17(20)16-13-18-7-10-21(16)26(22,23)15-5-3-14(4-6-15)25-12-11-24-2;/h3-6,8-9,16,18H,7,10-13H2,1-2H3;1H. The number of nitrogens with one attached hydrogen (secondary N) is 1. The van der Waals surface area contributed by atoms with E-state index in [1.165, 1.54) is 4.31 Å². The Kier molecular flexibility index (Phi) is 7.63. The molecule has 1 aromatic heterocycles. The first kappa shape index (κ1) is 21.6. The van der Waals surface area contributed by atoms with E-state index < -0.39 is 10.0 Å². The molecule has 0 bridgehead atoms. The van der Waals surface area contributed by atoms with Crippen LogP contribution in [0.1, 0.15) is 11.9 Å². The molecule has 2 aromatic rings. The van der Waals surface area contributed by atoms with Gasteiger partial charge in [0.2, 0.25) is 10.0 Å². The lowest BCUT2D eigenvalue weighted by atomic mass is 10.2. The maximum absolute atomic E-state index is 13.2. The van der Waals surface area contributed by atoms with Crippen molar-refractivity contribution >= 4 is 22.4 Å². The van der Waals surface area contributed by atoms with Gasteiger partial charge >= 0.3 is 0 Å². The van der Waals surface area contributed by atoms with Crippen LogP contribution in [0.15, 0.2) is 41.6 Å². The second kappa shape index (κ2) is 9.52. The number of nitrogens with zero attached hydrogens (tertiary/aromatic N) is 3. The molecule has 1 unspecified atom stereocenters. The number of rotatable bonds is 7. The van der Waals surface area contributed by atoms with Gasteiger partial charge in [-0.05, 0) is 24.3 Å². The average Bonchev–Trinajstić information content (AvgIpc) is 3.08. The van der Waals surface area contributed by atoms with E-state index in [1.807, 2.05) is 17.8 Å². The predicted octanol–water partition coefficient (Wildman–Crippen LogP) is 1.20. The number of ether oxygens (including phenoxy) is 2. The highest BCUT2D eigenvalue weighted by molar-refractivity contribution is 7.89. The maximum atomic E-state index is 13.2. The molecule has 8 nitrogen and oxygen atoms in total. The van der Waals surface area contributed by atoms with Crippen LogP contribution in [0.3, 0.4) is 0 Å². The maximum Gasteiger partial charge on any atom is 0.243 e. The second-order valence-electron chi connectivity index (χ2n) is 6.04. The first-order valence-corrected chi connectivity index (χ1v) is 9.89. The van der Waals surface area contributed by atoms with Crippen LogP contribution >= 0.6 is 12.4 Å². The van der Waals surface area contributed by atoms with E-state index in [4.69, 9.17) is 9.47 Å². The summed E-state index contributed by atoms with van der Waals surface area (Å²) in [6.45, 7) is 2.43. The highest BCUT2D eigenvalue weighted by Gasteiger charge is 2.36. The molecule has 0 saturated carbocycles. The summed E-state index contributed by atoms with van der Waals surface area (Å²) < 4.78 is 40.2. The third-order valence-corrected chi connectivity index (χ3v) is 6.26. The molecule has 1 atom stereocenters. The molecule has 3 rings (SSSR count). The molecule has 0 spiro atoms. The molecule has 1 aliphatic rings. The Hall–Kier alpha value is -1.65. The molecule has 1 aliphatic heterocycles. The summed E-state index contributed by atoms with van der Waals surface area (Å²) in [6, 6.07) is 6.15. The Labute approximate surface area is 165 Å². The molecule has 27 heavy (non-hydrogen) atoms. The summed E-state index contributed by atoms with van der Waals surface area (Å²) in [5.41, 5.74) is 0. The number of benzene rings is 1. The minimum atomic E-state index is -3.64. The van der Waals surface area contributed by atoms with Gasteiger partial charge in [-0.1, -0.05) is 0 Å². The van der Waals surface area contributed by atoms with Crippen LogP contribution in [0.5, 0.6) is 5.75 Å². The van der Waals surface area contributed by atoms with Gasteiger partial charge < -0.3 is 19.4 Å². The molecular formula is C17H25ClN4O4S. The molecular weight excluding hydrogens is 392 g/mol. The van der Waals surface area contributed by atoms with Gasteiger partial charge in [0.15, 0.2) is 0 Å². The summed E-state index contributed by atoms with van der Waals surface area (Å²) in [5, 5.41) is 3.25. The number of hydrogen-bond donors (Lipinski definition) is 1. The highest BCUT2D eigenvalue weighted by Crippen LogP contribution is 2.28. The lowest BCUT2D eigenvalue weighted by Crippen LogP contribution is -2.49. The predicted molar refractivity (Wildman–Crippen MR) is 104 cm³/mol. The zero-order chi connectivity index (χ0) is 18.6. The molecule has 0 aliphatic carbocycles. The lowest BCUT2D eigenvalue weighted by molar-refractivity contribution is 0.146. The number of aromatic nitrogens is 2. The summed E-state index contributed by atoms with van der Waals surface area (Å²) in [5.74, 6) is 1.34. The van der Waals surface area contributed by atoms with E-state index in [-0.39, 0.29) is 23.3 Å². The fourth-order valence-corrected chi connectivity index (χ4v) is 4.56. The van der Waals surface area contributed by atoms with E-state index >= 15 is 0 Å². The molecule has 1 aromatic carbocycles. The Morgan fingerprint density at radius 3 is 2.63 bits per heavy atom. The minimum absolute atomic E-state index is 0. The summed E-state index contributed by atoms with van der Waals surface area (Å²) in [4.78, 5) is 4.59. The van der Waals surface area contributed by atoms with Crippen LogP contribution in [0, 0.1) is 0 Å². The van der Waals surface area contributed by atoms with Crippen molar-refractivity contribution in [1.29, 1.82) is 0 Å². The van der Waals surface area contributed by atoms with Gasteiger partial charge in [0, 0.05) is 46.2 Å². The first-order valence-electron chi connectivity index (χ1n) is 8.45.